The Morgan fingerprint density at radius 3 is 2.78 bits per heavy atom. The van der Waals surface area contributed by atoms with Crippen LogP contribution in [0.25, 0.3) is 0 Å². The third-order valence-electron chi connectivity index (χ3n) is 2.85. The highest BCUT2D eigenvalue weighted by molar-refractivity contribution is 5.68. The Bertz CT molecular complexity index is 407. The van der Waals surface area contributed by atoms with Gasteiger partial charge in [0.15, 0.2) is 0 Å². The van der Waals surface area contributed by atoms with E-state index in [-0.39, 0.29) is 12.5 Å². The normalized spacial score (nSPS) is 24.3. The molecular weight excluding hydrogens is 234 g/mol. The highest BCUT2D eigenvalue weighted by atomic mass is 16.6. The Labute approximate surface area is 106 Å². The number of furan rings is 1. The first-order valence-corrected chi connectivity index (χ1v) is 6.06. The molecule has 5 nitrogen and oxygen atoms in total. The van der Waals surface area contributed by atoms with E-state index in [4.69, 9.17) is 9.15 Å². The number of amides is 1. The smallest absolute Gasteiger partial charge is 0.410 e. The highest BCUT2D eigenvalue weighted by Crippen LogP contribution is 2.28. The maximum Gasteiger partial charge on any atom is 0.410 e. The third-order valence-corrected chi connectivity index (χ3v) is 2.85. The number of ether oxygens (including phenoxy) is 1. The van der Waals surface area contributed by atoms with Crippen molar-refractivity contribution in [3.05, 3.63) is 24.2 Å². The molecule has 0 saturated carbocycles. The predicted octanol–water partition coefficient (Wildman–Crippen LogP) is 1.97. The van der Waals surface area contributed by atoms with Crippen LogP contribution in [-0.2, 0) is 4.74 Å². The molecule has 1 aliphatic rings. The fourth-order valence-electron chi connectivity index (χ4n) is 2.04. The van der Waals surface area contributed by atoms with Crippen LogP contribution in [0.15, 0.2) is 22.8 Å². The van der Waals surface area contributed by atoms with Crippen molar-refractivity contribution in [3.63, 3.8) is 0 Å². The summed E-state index contributed by atoms with van der Waals surface area (Å²) in [6.45, 7) is 6.16. The quantitative estimate of drug-likeness (QED) is 0.831. The Kier molecular flexibility index (Phi) is 3.34. The largest absolute Gasteiger partial charge is 0.469 e. The number of nitrogens with zero attached hydrogens (tertiary/aromatic N) is 1. The second-order valence-electron chi connectivity index (χ2n) is 5.57. The van der Waals surface area contributed by atoms with Gasteiger partial charge in [0.25, 0.3) is 0 Å². The number of hydrogen-bond donors (Lipinski definition) is 1. The van der Waals surface area contributed by atoms with Crippen molar-refractivity contribution in [2.75, 3.05) is 13.1 Å². The molecule has 1 N–H and O–H groups in total. The lowest BCUT2D eigenvalue weighted by Crippen LogP contribution is -2.35. The number of carbonyl (C=O) groups is 1. The van der Waals surface area contributed by atoms with Gasteiger partial charge in [0, 0.05) is 6.54 Å². The van der Waals surface area contributed by atoms with E-state index in [2.05, 4.69) is 0 Å². The summed E-state index contributed by atoms with van der Waals surface area (Å²) in [5, 5.41) is 9.97. The van der Waals surface area contributed by atoms with E-state index in [1.807, 2.05) is 26.8 Å². The Hall–Kier alpha value is -1.49. The van der Waals surface area contributed by atoms with Crippen molar-refractivity contribution < 1.29 is 19.1 Å². The van der Waals surface area contributed by atoms with Crippen LogP contribution in [0.4, 0.5) is 4.79 Å². The summed E-state index contributed by atoms with van der Waals surface area (Å²) >= 11 is 0. The monoisotopic (exact) mass is 253 g/mol. The molecule has 1 aromatic rings. The van der Waals surface area contributed by atoms with E-state index in [0.717, 1.165) is 0 Å². The first kappa shape index (κ1) is 13.0. The van der Waals surface area contributed by atoms with Gasteiger partial charge in [-0.2, -0.15) is 0 Å². The van der Waals surface area contributed by atoms with Gasteiger partial charge in [0.05, 0.1) is 24.8 Å². The molecule has 0 unspecified atom stereocenters. The van der Waals surface area contributed by atoms with Crippen LogP contribution in [0, 0.1) is 0 Å². The minimum absolute atomic E-state index is 0.174. The molecule has 0 aliphatic carbocycles. The molecule has 5 heteroatoms. The molecule has 1 aromatic heterocycles. The molecule has 1 fully saturated rings. The number of hydrogen-bond acceptors (Lipinski definition) is 4. The molecule has 0 radical (unpaired) electrons. The SMILES string of the molecule is CC(C)(C)OC(=O)N1C[C@@H](O)[C@H](c2ccco2)C1. The number of carbonyl (C=O) groups excluding carboxylic acids is 1. The summed E-state index contributed by atoms with van der Waals surface area (Å²) in [5.74, 6) is 0.529. The third kappa shape index (κ3) is 2.85. The minimum Gasteiger partial charge on any atom is -0.469 e. The van der Waals surface area contributed by atoms with Crippen LogP contribution in [0.1, 0.15) is 32.4 Å². The molecular formula is C13H19NO4. The molecule has 0 aromatic carbocycles. The van der Waals surface area contributed by atoms with E-state index in [1.165, 1.54) is 4.90 Å². The zero-order valence-corrected chi connectivity index (χ0v) is 10.9. The topological polar surface area (TPSA) is 62.9 Å². The highest BCUT2D eigenvalue weighted by Gasteiger charge is 2.38. The summed E-state index contributed by atoms with van der Waals surface area (Å²) in [5.41, 5.74) is -0.523. The van der Waals surface area contributed by atoms with Gasteiger partial charge in [-0.15, -0.1) is 0 Å². The minimum atomic E-state index is -0.608. The van der Waals surface area contributed by atoms with Crippen LogP contribution in [-0.4, -0.2) is 40.9 Å². The van der Waals surface area contributed by atoms with Crippen molar-refractivity contribution in [3.8, 4) is 0 Å². The van der Waals surface area contributed by atoms with E-state index in [1.54, 1.807) is 12.3 Å². The summed E-state index contributed by atoms with van der Waals surface area (Å²) in [7, 11) is 0. The zero-order valence-electron chi connectivity index (χ0n) is 10.9. The van der Waals surface area contributed by atoms with Gasteiger partial charge in [-0.25, -0.2) is 4.79 Å². The van der Waals surface area contributed by atoms with E-state index in [0.29, 0.717) is 12.3 Å². The van der Waals surface area contributed by atoms with Crippen LogP contribution < -0.4 is 0 Å². The Balaban J connectivity index is 2.00. The van der Waals surface area contributed by atoms with Gasteiger partial charge < -0.3 is 19.2 Å². The molecule has 2 atom stereocenters. The number of β-amino-alcohol motifs (C(OH)–C–C–N with tert-alkyl or cyclic N) is 1. The summed E-state index contributed by atoms with van der Waals surface area (Å²) in [6, 6.07) is 3.59. The van der Waals surface area contributed by atoms with Gasteiger partial charge in [-0.05, 0) is 32.9 Å². The van der Waals surface area contributed by atoms with Crippen molar-refractivity contribution in [2.24, 2.45) is 0 Å². The maximum absolute atomic E-state index is 11.9. The number of likely N-dealkylation sites (tertiary alicyclic amines) is 1. The summed E-state index contributed by atoms with van der Waals surface area (Å²) < 4.78 is 10.6. The summed E-state index contributed by atoms with van der Waals surface area (Å²) in [6.07, 6.45) is 0.567. The van der Waals surface area contributed by atoms with Gasteiger partial charge in [-0.1, -0.05) is 0 Å². The fraction of sp³-hybridized carbons (Fsp3) is 0.615. The maximum atomic E-state index is 11.9. The molecule has 1 amide bonds. The lowest BCUT2D eigenvalue weighted by molar-refractivity contribution is 0.0270. The van der Waals surface area contributed by atoms with Crippen LogP contribution in [0.3, 0.4) is 0 Å². The van der Waals surface area contributed by atoms with E-state index < -0.39 is 17.8 Å². The van der Waals surface area contributed by atoms with Crippen LogP contribution in [0.2, 0.25) is 0 Å². The number of aliphatic hydroxyl groups excluding tert-OH is 1. The average molecular weight is 253 g/mol. The number of aliphatic hydroxyl groups is 1. The number of rotatable bonds is 1. The van der Waals surface area contributed by atoms with Crippen LogP contribution in [0.5, 0.6) is 0 Å². The van der Waals surface area contributed by atoms with Crippen molar-refractivity contribution in [2.45, 2.75) is 38.4 Å². The Morgan fingerprint density at radius 2 is 2.22 bits per heavy atom. The molecule has 100 valence electrons. The first-order valence-electron chi connectivity index (χ1n) is 6.06. The lowest BCUT2D eigenvalue weighted by atomic mass is 10.0. The molecule has 18 heavy (non-hydrogen) atoms. The standard InChI is InChI=1S/C13H19NO4/c1-13(2,3)18-12(16)14-7-9(10(15)8-14)11-5-4-6-17-11/h4-6,9-10,15H,7-8H2,1-3H3/t9-,10-/m1/s1. The van der Waals surface area contributed by atoms with Gasteiger partial charge in [-0.3, -0.25) is 0 Å². The zero-order chi connectivity index (χ0) is 13.3. The molecule has 1 aliphatic heterocycles. The lowest BCUT2D eigenvalue weighted by Gasteiger charge is -2.24. The van der Waals surface area contributed by atoms with Crippen molar-refractivity contribution >= 4 is 6.09 Å². The average Bonchev–Trinajstić information content (AvgIpc) is 2.82. The van der Waals surface area contributed by atoms with Crippen LogP contribution >= 0.6 is 0 Å². The summed E-state index contributed by atoms with van der Waals surface area (Å²) in [4.78, 5) is 13.4. The molecule has 2 rings (SSSR count). The van der Waals surface area contributed by atoms with Gasteiger partial charge >= 0.3 is 6.09 Å². The van der Waals surface area contributed by atoms with Gasteiger partial charge in [0.1, 0.15) is 11.4 Å². The van der Waals surface area contributed by atoms with E-state index in [9.17, 15) is 9.90 Å². The molecule has 1 saturated heterocycles. The van der Waals surface area contributed by atoms with E-state index >= 15 is 0 Å². The Morgan fingerprint density at radius 1 is 1.50 bits per heavy atom. The molecule has 0 spiro atoms. The van der Waals surface area contributed by atoms with Gasteiger partial charge in [0.2, 0.25) is 0 Å². The molecule has 0 bridgehead atoms. The first-order chi connectivity index (χ1) is 8.37. The second-order valence-corrected chi connectivity index (χ2v) is 5.57. The molecule has 2 heterocycles. The second kappa shape index (κ2) is 4.65. The van der Waals surface area contributed by atoms with Crippen molar-refractivity contribution in [1.82, 2.24) is 4.90 Å². The fourth-order valence-corrected chi connectivity index (χ4v) is 2.04. The van der Waals surface area contributed by atoms with Crippen molar-refractivity contribution in [1.29, 1.82) is 0 Å². The predicted molar refractivity (Wildman–Crippen MR) is 65.3 cm³/mol.